The van der Waals surface area contributed by atoms with Crippen LogP contribution in [0.5, 0.6) is 0 Å². The number of nitrogens with zero attached hydrogens (tertiary/aromatic N) is 1. The number of hydrogen-bond donors (Lipinski definition) is 2. The summed E-state index contributed by atoms with van der Waals surface area (Å²) >= 11 is 0. The van der Waals surface area contributed by atoms with Crippen molar-refractivity contribution >= 4 is 10.0 Å². The minimum Gasteiger partial charge on any atom is -0.352 e. The summed E-state index contributed by atoms with van der Waals surface area (Å²) < 4.78 is 24.8. The summed E-state index contributed by atoms with van der Waals surface area (Å²) in [6.07, 6.45) is 0. The molecule has 0 aliphatic rings. The Morgan fingerprint density at radius 1 is 1.19 bits per heavy atom. The Bertz CT molecular complexity index is 748. The van der Waals surface area contributed by atoms with Gasteiger partial charge in [0.2, 0.25) is 10.0 Å². The molecule has 1 heterocycles. The predicted molar refractivity (Wildman–Crippen MR) is 83.2 cm³/mol. The summed E-state index contributed by atoms with van der Waals surface area (Å²) in [5, 5.41) is 8.46. The molecule has 0 bridgehead atoms. The molecule has 21 heavy (non-hydrogen) atoms. The van der Waals surface area contributed by atoms with Crippen molar-refractivity contribution in [1.29, 1.82) is 0 Å². The molecule has 0 aliphatic heterocycles. The summed E-state index contributed by atoms with van der Waals surface area (Å²) in [7, 11) is -1.60. The molecule has 1 aromatic heterocycles. The van der Waals surface area contributed by atoms with Crippen LogP contribution in [0.25, 0.3) is 0 Å². The van der Waals surface area contributed by atoms with E-state index in [4.69, 9.17) is 5.14 Å². The van der Waals surface area contributed by atoms with Crippen LogP contribution in [0.15, 0.2) is 35.2 Å². The SMILES string of the molecule is Cc1cc(CNCc2cccc(S(N)(=O)=O)c2)c(C)n1C. The fraction of sp³-hybridized carbons (Fsp3) is 0.333. The number of benzene rings is 1. The number of rotatable bonds is 5. The van der Waals surface area contributed by atoms with Gasteiger partial charge in [-0.3, -0.25) is 0 Å². The van der Waals surface area contributed by atoms with E-state index < -0.39 is 10.0 Å². The average molecular weight is 307 g/mol. The number of primary sulfonamides is 1. The lowest BCUT2D eigenvalue weighted by Crippen LogP contribution is -2.15. The predicted octanol–water partition coefficient (Wildman–Crippen LogP) is 1.58. The summed E-state index contributed by atoms with van der Waals surface area (Å²) in [5.41, 5.74) is 4.60. The van der Waals surface area contributed by atoms with Crippen molar-refractivity contribution in [2.45, 2.75) is 31.8 Å². The standard InChI is InChI=1S/C15H21N3O2S/c1-11-7-14(12(2)18(11)3)10-17-9-13-5-4-6-15(8-13)21(16,19)20/h4-8,17H,9-10H2,1-3H3,(H2,16,19,20). The van der Waals surface area contributed by atoms with E-state index in [2.05, 4.69) is 29.8 Å². The molecule has 3 N–H and O–H groups in total. The number of aryl methyl sites for hydroxylation is 1. The van der Waals surface area contributed by atoms with Gasteiger partial charge in [-0.25, -0.2) is 13.6 Å². The van der Waals surface area contributed by atoms with Crippen molar-refractivity contribution in [3.8, 4) is 0 Å². The summed E-state index contributed by atoms with van der Waals surface area (Å²) in [6.45, 7) is 5.50. The van der Waals surface area contributed by atoms with E-state index in [-0.39, 0.29) is 4.90 Å². The highest BCUT2D eigenvalue weighted by Gasteiger charge is 2.08. The van der Waals surface area contributed by atoms with Gasteiger partial charge in [0.15, 0.2) is 0 Å². The zero-order valence-electron chi connectivity index (χ0n) is 12.6. The Kier molecular flexibility index (Phi) is 4.51. The molecule has 0 atom stereocenters. The smallest absolute Gasteiger partial charge is 0.238 e. The third-order valence-corrected chi connectivity index (χ3v) is 4.66. The lowest BCUT2D eigenvalue weighted by atomic mass is 10.2. The molecule has 1 aromatic carbocycles. The van der Waals surface area contributed by atoms with Gasteiger partial charge in [0.1, 0.15) is 0 Å². The number of nitrogens with one attached hydrogen (secondary N) is 1. The molecule has 2 rings (SSSR count). The molecule has 0 spiro atoms. The number of aromatic nitrogens is 1. The first-order valence-corrected chi connectivity index (χ1v) is 8.28. The minimum absolute atomic E-state index is 0.147. The Labute approximate surface area is 125 Å². The zero-order valence-corrected chi connectivity index (χ0v) is 13.4. The first-order valence-electron chi connectivity index (χ1n) is 6.73. The molecule has 0 unspecified atom stereocenters. The van der Waals surface area contributed by atoms with Crippen LogP contribution in [0, 0.1) is 13.8 Å². The molecule has 5 nitrogen and oxygen atoms in total. The van der Waals surface area contributed by atoms with Gasteiger partial charge in [-0.2, -0.15) is 0 Å². The summed E-state index contributed by atoms with van der Waals surface area (Å²) in [4.78, 5) is 0.147. The largest absolute Gasteiger partial charge is 0.352 e. The number of nitrogens with two attached hydrogens (primary N) is 1. The van der Waals surface area contributed by atoms with Gasteiger partial charge in [0.25, 0.3) is 0 Å². The van der Waals surface area contributed by atoms with Crippen molar-refractivity contribution in [2.75, 3.05) is 0 Å². The second-order valence-electron chi connectivity index (χ2n) is 5.25. The lowest BCUT2D eigenvalue weighted by Gasteiger charge is -2.07. The van der Waals surface area contributed by atoms with Crippen LogP contribution in [-0.2, 0) is 30.2 Å². The maximum atomic E-state index is 11.3. The molecule has 2 aromatic rings. The van der Waals surface area contributed by atoms with Gasteiger partial charge in [0.05, 0.1) is 4.90 Å². The van der Waals surface area contributed by atoms with E-state index in [0.717, 1.165) is 12.1 Å². The molecular weight excluding hydrogens is 286 g/mol. The van der Waals surface area contributed by atoms with Crippen LogP contribution >= 0.6 is 0 Å². The van der Waals surface area contributed by atoms with Crippen molar-refractivity contribution in [3.63, 3.8) is 0 Å². The molecule has 0 saturated carbocycles. The summed E-state index contributed by atoms with van der Waals surface area (Å²) in [5.74, 6) is 0. The van der Waals surface area contributed by atoms with Gasteiger partial charge in [-0.15, -0.1) is 0 Å². The van der Waals surface area contributed by atoms with E-state index in [0.29, 0.717) is 6.54 Å². The van der Waals surface area contributed by atoms with Crippen molar-refractivity contribution in [3.05, 3.63) is 52.8 Å². The molecule has 0 radical (unpaired) electrons. The third kappa shape index (κ3) is 3.72. The van der Waals surface area contributed by atoms with E-state index in [1.165, 1.54) is 23.0 Å². The van der Waals surface area contributed by atoms with Gasteiger partial charge >= 0.3 is 0 Å². The van der Waals surface area contributed by atoms with Crippen LogP contribution in [0.4, 0.5) is 0 Å². The van der Waals surface area contributed by atoms with Gasteiger partial charge in [-0.05, 0) is 43.2 Å². The van der Waals surface area contributed by atoms with Crippen LogP contribution in [0.2, 0.25) is 0 Å². The average Bonchev–Trinajstić information content (AvgIpc) is 2.66. The zero-order chi connectivity index (χ0) is 15.6. The van der Waals surface area contributed by atoms with E-state index in [1.807, 2.05) is 13.1 Å². The highest BCUT2D eigenvalue weighted by Crippen LogP contribution is 2.14. The highest BCUT2D eigenvalue weighted by atomic mass is 32.2. The van der Waals surface area contributed by atoms with Crippen molar-refractivity contribution in [1.82, 2.24) is 9.88 Å². The third-order valence-electron chi connectivity index (χ3n) is 3.75. The lowest BCUT2D eigenvalue weighted by molar-refractivity contribution is 0.597. The molecule has 0 aliphatic carbocycles. The monoisotopic (exact) mass is 307 g/mol. The highest BCUT2D eigenvalue weighted by molar-refractivity contribution is 7.89. The van der Waals surface area contributed by atoms with E-state index in [9.17, 15) is 8.42 Å². The maximum absolute atomic E-state index is 11.3. The Morgan fingerprint density at radius 3 is 2.48 bits per heavy atom. The number of hydrogen-bond acceptors (Lipinski definition) is 3. The van der Waals surface area contributed by atoms with Crippen LogP contribution in [-0.4, -0.2) is 13.0 Å². The summed E-state index contributed by atoms with van der Waals surface area (Å²) in [6, 6.07) is 8.84. The van der Waals surface area contributed by atoms with Gasteiger partial charge < -0.3 is 9.88 Å². The van der Waals surface area contributed by atoms with Crippen LogP contribution in [0.3, 0.4) is 0 Å². The van der Waals surface area contributed by atoms with Gasteiger partial charge in [-0.1, -0.05) is 12.1 Å². The van der Waals surface area contributed by atoms with E-state index in [1.54, 1.807) is 12.1 Å². The maximum Gasteiger partial charge on any atom is 0.238 e. The van der Waals surface area contributed by atoms with Gasteiger partial charge in [0, 0.05) is 31.5 Å². The number of sulfonamides is 1. The van der Waals surface area contributed by atoms with Crippen LogP contribution < -0.4 is 10.5 Å². The normalized spacial score (nSPS) is 11.8. The molecular formula is C15H21N3O2S. The Morgan fingerprint density at radius 2 is 1.90 bits per heavy atom. The molecule has 6 heteroatoms. The van der Waals surface area contributed by atoms with E-state index >= 15 is 0 Å². The first-order chi connectivity index (χ1) is 9.79. The molecule has 0 fully saturated rings. The second kappa shape index (κ2) is 6.01. The van der Waals surface area contributed by atoms with Crippen molar-refractivity contribution in [2.24, 2.45) is 12.2 Å². The fourth-order valence-electron chi connectivity index (χ4n) is 2.29. The fourth-order valence-corrected chi connectivity index (χ4v) is 2.87. The quantitative estimate of drug-likeness (QED) is 0.880. The van der Waals surface area contributed by atoms with Crippen molar-refractivity contribution < 1.29 is 8.42 Å². The first kappa shape index (κ1) is 15.8. The molecule has 114 valence electrons. The Balaban J connectivity index is 2.02. The Hall–Kier alpha value is -1.63. The minimum atomic E-state index is -3.64. The molecule has 0 amide bonds. The topological polar surface area (TPSA) is 77.1 Å². The molecule has 0 saturated heterocycles. The van der Waals surface area contributed by atoms with Crippen LogP contribution in [0.1, 0.15) is 22.5 Å². The second-order valence-corrected chi connectivity index (χ2v) is 6.81.